The van der Waals surface area contributed by atoms with Crippen molar-refractivity contribution in [3.8, 4) is 28.6 Å². The molecule has 2 heterocycles. The Kier molecular flexibility index (Phi) is 7.23. The summed E-state index contributed by atoms with van der Waals surface area (Å²) in [6, 6.07) is 13.5. The van der Waals surface area contributed by atoms with Gasteiger partial charge < -0.3 is 20.5 Å². The molecule has 0 saturated carbocycles. The highest BCUT2D eigenvalue weighted by molar-refractivity contribution is 5.94. The number of fused-ring (bicyclic) bond motifs is 1. The van der Waals surface area contributed by atoms with Crippen LogP contribution in [-0.4, -0.2) is 39.3 Å². The van der Waals surface area contributed by atoms with Gasteiger partial charge in [0.2, 0.25) is 11.8 Å². The van der Waals surface area contributed by atoms with Gasteiger partial charge >= 0.3 is 6.18 Å². The van der Waals surface area contributed by atoms with E-state index in [-0.39, 0.29) is 18.5 Å². The van der Waals surface area contributed by atoms with Crippen molar-refractivity contribution in [1.82, 2.24) is 14.6 Å². The first kappa shape index (κ1) is 25.8. The van der Waals surface area contributed by atoms with Crippen LogP contribution in [0, 0.1) is 6.92 Å². The van der Waals surface area contributed by atoms with Gasteiger partial charge in [0.15, 0.2) is 5.65 Å². The second-order valence-electron chi connectivity index (χ2n) is 8.70. The molecule has 4 rings (SSSR count). The molecule has 4 aromatic rings. The molecule has 3 N–H and O–H groups in total. The van der Waals surface area contributed by atoms with E-state index in [1.54, 1.807) is 55.6 Å². The summed E-state index contributed by atoms with van der Waals surface area (Å²) in [5, 5.41) is 7.34. The van der Waals surface area contributed by atoms with Crippen LogP contribution < -0.4 is 20.5 Å². The number of hydrogen-bond acceptors (Lipinski definition) is 6. The Morgan fingerprint density at radius 2 is 1.89 bits per heavy atom. The van der Waals surface area contributed by atoms with Crippen molar-refractivity contribution in [2.45, 2.75) is 39.5 Å². The van der Waals surface area contributed by atoms with Crippen LogP contribution in [0.15, 0.2) is 54.7 Å². The number of alkyl halides is 3. The standard InChI is InChI=1S/C26H26F3N5O3/c1-15(2)36-18-5-4-6-19(12-18)37-23-13-21(31-10-9-26(27,28)29)25-32-14-22(34(25)33-23)17-7-8-20(24(30)35)16(3)11-17/h4-8,11-15,31H,9-10H2,1-3H3,(H2,30,35). The zero-order valence-electron chi connectivity index (χ0n) is 20.5. The van der Waals surface area contributed by atoms with Crippen LogP contribution in [0.3, 0.4) is 0 Å². The van der Waals surface area contributed by atoms with E-state index in [9.17, 15) is 18.0 Å². The van der Waals surface area contributed by atoms with Gasteiger partial charge in [0.1, 0.15) is 11.5 Å². The molecule has 0 saturated heterocycles. The third kappa shape index (κ3) is 6.29. The fourth-order valence-electron chi connectivity index (χ4n) is 3.77. The lowest BCUT2D eigenvalue weighted by Gasteiger charge is -2.14. The summed E-state index contributed by atoms with van der Waals surface area (Å²) in [6.07, 6.45) is -3.82. The quantitative estimate of drug-likeness (QED) is 0.296. The van der Waals surface area contributed by atoms with Gasteiger partial charge in [-0.2, -0.15) is 13.2 Å². The van der Waals surface area contributed by atoms with Crippen molar-refractivity contribution in [2.75, 3.05) is 11.9 Å². The number of aromatic nitrogens is 3. The number of halogens is 3. The Labute approximate surface area is 211 Å². The van der Waals surface area contributed by atoms with E-state index in [1.807, 2.05) is 13.8 Å². The Bertz CT molecular complexity index is 1430. The minimum atomic E-state index is -4.31. The van der Waals surface area contributed by atoms with Crippen LogP contribution in [0.25, 0.3) is 16.9 Å². The number of nitrogens with zero attached hydrogens (tertiary/aromatic N) is 3. The van der Waals surface area contributed by atoms with Gasteiger partial charge in [-0.25, -0.2) is 9.50 Å². The number of nitrogens with two attached hydrogens (primary N) is 1. The lowest BCUT2D eigenvalue weighted by Crippen LogP contribution is -2.15. The SMILES string of the molecule is Cc1cc(-c2cnc3c(NCCC(F)(F)F)cc(Oc4cccc(OC(C)C)c4)nn23)ccc1C(N)=O. The van der Waals surface area contributed by atoms with Crippen molar-refractivity contribution >= 4 is 17.2 Å². The van der Waals surface area contributed by atoms with Gasteiger partial charge in [-0.05, 0) is 50.6 Å². The maximum absolute atomic E-state index is 12.8. The Morgan fingerprint density at radius 3 is 2.57 bits per heavy atom. The van der Waals surface area contributed by atoms with Crippen molar-refractivity contribution in [3.05, 3.63) is 65.9 Å². The van der Waals surface area contributed by atoms with Crippen molar-refractivity contribution < 1.29 is 27.4 Å². The summed E-state index contributed by atoms with van der Waals surface area (Å²) >= 11 is 0. The molecule has 11 heteroatoms. The summed E-state index contributed by atoms with van der Waals surface area (Å²) in [7, 11) is 0. The molecule has 2 aromatic heterocycles. The Hall–Kier alpha value is -4.28. The number of primary amides is 1. The first-order valence-corrected chi connectivity index (χ1v) is 11.5. The highest BCUT2D eigenvalue weighted by Crippen LogP contribution is 2.31. The first-order chi connectivity index (χ1) is 17.5. The van der Waals surface area contributed by atoms with E-state index in [1.165, 1.54) is 10.6 Å². The van der Waals surface area contributed by atoms with Crippen molar-refractivity contribution in [3.63, 3.8) is 0 Å². The average molecular weight is 514 g/mol. The van der Waals surface area contributed by atoms with Crippen LogP contribution in [0.1, 0.15) is 36.2 Å². The number of hydrogen-bond donors (Lipinski definition) is 2. The highest BCUT2D eigenvalue weighted by atomic mass is 19.4. The Balaban J connectivity index is 1.75. The molecule has 0 aliphatic heterocycles. The molecule has 0 atom stereocenters. The normalized spacial score (nSPS) is 11.6. The number of carbonyl (C=O) groups excluding carboxylic acids is 1. The number of ether oxygens (including phenoxy) is 2. The smallest absolute Gasteiger partial charge is 0.390 e. The number of carbonyl (C=O) groups is 1. The summed E-state index contributed by atoms with van der Waals surface area (Å²) in [4.78, 5) is 16.0. The number of anilines is 1. The van der Waals surface area contributed by atoms with Crippen molar-refractivity contribution in [1.29, 1.82) is 0 Å². The van der Waals surface area contributed by atoms with Gasteiger partial charge in [-0.3, -0.25) is 4.79 Å². The molecule has 194 valence electrons. The molecule has 0 fully saturated rings. The van der Waals surface area contributed by atoms with E-state index in [0.29, 0.717) is 45.2 Å². The Morgan fingerprint density at radius 1 is 1.14 bits per heavy atom. The molecule has 1 amide bonds. The fourth-order valence-corrected chi connectivity index (χ4v) is 3.77. The van der Waals surface area contributed by atoms with Gasteiger partial charge in [0, 0.05) is 29.8 Å². The van der Waals surface area contributed by atoms with Gasteiger partial charge in [-0.1, -0.05) is 12.1 Å². The molecule has 37 heavy (non-hydrogen) atoms. The van der Waals surface area contributed by atoms with E-state index in [2.05, 4.69) is 15.4 Å². The minimum absolute atomic E-state index is 0.0351. The van der Waals surface area contributed by atoms with Crippen LogP contribution in [0.4, 0.5) is 18.9 Å². The minimum Gasteiger partial charge on any atom is -0.491 e. The van der Waals surface area contributed by atoms with Crippen LogP contribution in [0.5, 0.6) is 17.4 Å². The molecule has 2 aromatic carbocycles. The molecule has 0 bridgehead atoms. The maximum atomic E-state index is 12.8. The van der Waals surface area contributed by atoms with E-state index in [0.717, 1.165) is 0 Å². The number of amides is 1. The summed E-state index contributed by atoms with van der Waals surface area (Å²) < 4.78 is 51.5. The first-order valence-electron chi connectivity index (χ1n) is 11.5. The summed E-state index contributed by atoms with van der Waals surface area (Å²) in [6.45, 7) is 5.21. The van der Waals surface area contributed by atoms with E-state index in [4.69, 9.17) is 15.2 Å². The molecule has 0 unspecified atom stereocenters. The monoisotopic (exact) mass is 513 g/mol. The molecule has 0 aliphatic rings. The topological polar surface area (TPSA) is 104 Å². The molecule has 0 spiro atoms. The summed E-state index contributed by atoms with van der Waals surface area (Å²) in [5.41, 5.74) is 8.34. The number of rotatable bonds is 9. The van der Waals surface area contributed by atoms with E-state index < -0.39 is 18.5 Å². The molecular weight excluding hydrogens is 487 g/mol. The molecule has 0 aliphatic carbocycles. The maximum Gasteiger partial charge on any atom is 0.390 e. The van der Waals surface area contributed by atoms with Crippen LogP contribution in [0.2, 0.25) is 0 Å². The number of imidazole rings is 1. The third-order valence-corrected chi connectivity index (χ3v) is 5.36. The zero-order valence-corrected chi connectivity index (χ0v) is 20.5. The van der Waals surface area contributed by atoms with Gasteiger partial charge in [0.05, 0.1) is 30.1 Å². The number of nitrogens with one attached hydrogen (secondary N) is 1. The highest BCUT2D eigenvalue weighted by Gasteiger charge is 2.26. The lowest BCUT2D eigenvalue weighted by molar-refractivity contribution is -0.131. The second kappa shape index (κ2) is 10.4. The van der Waals surface area contributed by atoms with Crippen molar-refractivity contribution in [2.24, 2.45) is 5.73 Å². The fraction of sp³-hybridized carbons (Fsp3) is 0.269. The van der Waals surface area contributed by atoms with Crippen LogP contribution >= 0.6 is 0 Å². The number of aryl methyl sites for hydroxylation is 1. The second-order valence-corrected chi connectivity index (χ2v) is 8.70. The summed E-state index contributed by atoms with van der Waals surface area (Å²) in [5.74, 6) is 0.629. The van der Waals surface area contributed by atoms with E-state index >= 15 is 0 Å². The van der Waals surface area contributed by atoms with Gasteiger partial charge in [-0.15, -0.1) is 5.10 Å². The third-order valence-electron chi connectivity index (χ3n) is 5.36. The molecule has 8 nitrogen and oxygen atoms in total. The predicted octanol–water partition coefficient (Wildman–Crippen LogP) is 5.75. The predicted molar refractivity (Wildman–Crippen MR) is 133 cm³/mol. The van der Waals surface area contributed by atoms with Gasteiger partial charge in [0.25, 0.3) is 0 Å². The molecular formula is C26H26F3N5O3. The zero-order chi connectivity index (χ0) is 26.7. The van der Waals surface area contributed by atoms with Crippen LogP contribution in [-0.2, 0) is 0 Å². The average Bonchev–Trinajstić information content (AvgIpc) is 3.22. The molecule has 0 radical (unpaired) electrons. The number of benzene rings is 2. The largest absolute Gasteiger partial charge is 0.491 e. The lowest BCUT2D eigenvalue weighted by atomic mass is 10.0.